The van der Waals surface area contributed by atoms with Gasteiger partial charge in [0.2, 0.25) is 0 Å². The van der Waals surface area contributed by atoms with E-state index in [2.05, 4.69) is 24.1 Å². The van der Waals surface area contributed by atoms with E-state index in [0.29, 0.717) is 0 Å². The molecule has 0 spiro atoms. The SMILES string of the molecule is CCCCNCC(C)Oc1cccnc1C. The average Bonchev–Trinajstić information content (AvgIpc) is 2.28. The smallest absolute Gasteiger partial charge is 0.140 e. The van der Waals surface area contributed by atoms with E-state index in [9.17, 15) is 0 Å². The molecule has 0 aromatic carbocycles. The number of pyridine rings is 1. The average molecular weight is 222 g/mol. The molecule has 0 fully saturated rings. The summed E-state index contributed by atoms with van der Waals surface area (Å²) in [6.45, 7) is 8.18. The van der Waals surface area contributed by atoms with Crippen LogP contribution in [0.1, 0.15) is 32.4 Å². The Kier molecular flexibility index (Phi) is 5.86. The summed E-state index contributed by atoms with van der Waals surface area (Å²) < 4.78 is 5.80. The molecule has 1 aromatic heterocycles. The molecule has 0 bridgehead atoms. The minimum absolute atomic E-state index is 0.180. The van der Waals surface area contributed by atoms with E-state index in [1.165, 1.54) is 12.8 Å². The fourth-order valence-corrected chi connectivity index (χ4v) is 1.46. The van der Waals surface area contributed by atoms with Crippen molar-refractivity contribution in [3.63, 3.8) is 0 Å². The zero-order chi connectivity index (χ0) is 11.8. The summed E-state index contributed by atoms with van der Waals surface area (Å²) >= 11 is 0. The molecule has 1 heterocycles. The van der Waals surface area contributed by atoms with Gasteiger partial charge >= 0.3 is 0 Å². The number of ether oxygens (including phenoxy) is 1. The van der Waals surface area contributed by atoms with Gasteiger partial charge in [-0.3, -0.25) is 4.98 Å². The van der Waals surface area contributed by atoms with Crippen LogP contribution < -0.4 is 10.1 Å². The van der Waals surface area contributed by atoms with E-state index in [0.717, 1.165) is 24.5 Å². The van der Waals surface area contributed by atoms with Gasteiger partial charge in [0.25, 0.3) is 0 Å². The Bertz CT molecular complexity index is 302. The fourth-order valence-electron chi connectivity index (χ4n) is 1.46. The van der Waals surface area contributed by atoms with Crippen LogP contribution in [0.4, 0.5) is 0 Å². The lowest BCUT2D eigenvalue weighted by molar-refractivity contribution is 0.215. The molecule has 0 radical (unpaired) electrons. The molecule has 3 heteroatoms. The molecular weight excluding hydrogens is 200 g/mol. The highest BCUT2D eigenvalue weighted by Gasteiger charge is 2.05. The molecule has 1 aromatic rings. The number of hydrogen-bond donors (Lipinski definition) is 1. The monoisotopic (exact) mass is 222 g/mol. The molecule has 0 aliphatic rings. The third kappa shape index (κ3) is 4.62. The lowest BCUT2D eigenvalue weighted by atomic mass is 10.3. The van der Waals surface area contributed by atoms with Crippen LogP contribution in [0.15, 0.2) is 18.3 Å². The van der Waals surface area contributed by atoms with Gasteiger partial charge in [-0.2, -0.15) is 0 Å². The van der Waals surface area contributed by atoms with Gasteiger partial charge in [0, 0.05) is 12.7 Å². The predicted molar refractivity (Wildman–Crippen MR) is 66.8 cm³/mol. The first kappa shape index (κ1) is 13.0. The quantitative estimate of drug-likeness (QED) is 0.720. The number of aryl methyl sites for hydroxylation is 1. The Morgan fingerprint density at radius 1 is 1.50 bits per heavy atom. The summed E-state index contributed by atoms with van der Waals surface area (Å²) in [4.78, 5) is 4.20. The summed E-state index contributed by atoms with van der Waals surface area (Å²) in [6.07, 6.45) is 4.41. The second-order valence-electron chi connectivity index (χ2n) is 4.07. The highest BCUT2D eigenvalue weighted by atomic mass is 16.5. The number of nitrogens with one attached hydrogen (secondary N) is 1. The molecule has 1 atom stereocenters. The molecule has 0 amide bonds. The third-order valence-electron chi connectivity index (χ3n) is 2.43. The number of aromatic nitrogens is 1. The topological polar surface area (TPSA) is 34.1 Å². The van der Waals surface area contributed by atoms with Crippen molar-refractivity contribution in [1.82, 2.24) is 10.3 Å². The zero-order valence-electron chi connectivity index (χ0n) is 10.5. The van der Waals surface area contributed by atoms with Crippen LogP contribution in [0.5, 0.6) is 5.75 Å². The number of hydrogen-bond acceptors (Lipinski definition) is 3. The Balaban J connectivity index is 2.28. The standard InChI is InChI=1S/C13H22N2O/c1-4-5-8-14-10-11(2)16-13-7-6-9-15-12(13)3/h6-7,9,11,14H,4-5,8,10H2,1-3H3. The first-order chi connectivity index (χ1) is 7.74. The lowest BCUT2D eigenvalue weighted by Crippen LogP contribution is -2.29. The van der Waals surface area contributed by atoms with Crippen LogP contribution in [0.2, 0.25) is 0 Å². The lowest BCUT2D eigenvalue weighted by Gasteiger charge is -2.16. The molecule has 0 aliphatic heterocycles. The Morgan fingerprint density at radius 3 is 3.00 bits per heavy atom. The number of rotatable bonds is 7. The molecular formula is C13H22N2O. The first-order valence-electron chi connectivity index (χ1n) is 6.03. The fraction of sp³-hybridized carbons (Fsp3) is 0.615. The molecule has 0 aliphatic carbocycles. The largest absolute Gasteiger partial charge is 0.487 e. The van der Waals surface area contributed by atoms with Crippen molar-refractivity contribution in [3.8, 4) is 5.75 Å². The highest BCUT2D eigenvalue weighted by molar-refractivity contribution is 5.25. The highest BCUT2D eigenvalue weighted by Crippen LogP contribution is 2.14. The van der Waals surface area contributed by atoms with Crippen molar-refractivity contribution in [3.05, 3.63) is 24.0 Å². The molecule has 1 unspecified atom stereocenters. The van der Waals surface area contributed by atoms with Gasteiger partial charge in [-0.25, -0.2) is 0 Å². The molecule has 90 valence electrons. The van der Waals surface area contributed by atoms with Gasteiger partial charge in [-0.15, -0.1) is 0 Å². The Hall–Kier alpha value is -1.09. The van der Waals surface area contributed by atoms with E-state index in [1.54, 1.807) is 6.20 Å². The number of nitrogens with zero attached hydrogens (tertiary/aromatic N) is 1. The molecule has 1 N–H and O–H groups in total. The van der Waals surface area contributed by atoms with E-state index in [1.807, 2.05) is 19.1 Å². The molecule has 0 saturated heterocycles. The summed E-state index contributed by atoms with van der Waals surface area (Å²) in [5.41, 5.74) is 0.947. The normalized spacial score (nSPS) is 12.4. The molecule has 16 heavy (non-hydrogen) atoms. The van der Waals surface area contributed by atoms with Crippen molar-refractivity contribution < 1.29 is 4.74 Å². The summed E-state index contributed by atoms with van der Waals surface area (Å²) in [6, 6.07) is 3.87. The molecule has 1 rings (SSSR count). The maximum atomic E-state index is 5.80. The van der Waals surface area contributed by atoms with Gasteiger partial charge in [-0.05, 0) is 38.9 Å². The van der Waals surface area contributed by atoms with Crippen LogP contribution in [0, 0.1) is 6.92 Å². The molecule has 0 saturated carbocycles. The van der Waals surface area contributed by atoms with E-state index >= 15 is 0 Å². The second-order valence-corrected chi connectivity index (χ2v) is 4.07. The Morgan fingerprint density at radius 2 is 2.31 bits per heavy atom. The van der Waals surface area contributed by atoms with Crippen LogP contribution in [0.3, 0.4) is 0 Å². The maximum absolute atomic E-state index is 5.80. The summed E-state index contributed by atoms with van der Waals surface area (Å²) in [5.74, 6) is 0.882. The van der Waals surface area contributed by atoms with Crippen LogP contribution in [0.25, 0.3) is 0 Å². The zero-order valence-corrected chi connectivity index (χ0v) is 10.5. The minimum Gasteiger partial charge on any atom is -0.487 e. The molecule has 3 nitrogen and oxygen atoms in total. The van der Waals surface area contributed by atoms with Gasteiger partial charge in [-0.1, -0.05) is 13.3 Å². The van der Waals surface area contributed by atoms with Crippen LogP contribution in [-0.2, 0) is 0 Å². The van der Waals surface area contributed by atoms with E-state index in [-0.39, 0.29) is 6.10 Å². The van der Waals surface area contributed by atoms with Crippen LogP contribution in [-0.4, -0.2) is 24.2 Å². The Labute approximate surface area is 98.2 Å². The van der Waals surface area contributed by atoms with Gasteiger partial charge < -0.3 is 10.1 Å². The van der Waals surface area contributed by atoms with Crippen molar-refractivity contribution in [1.29, 1.82) is 0 Å². The van der Waals surface area contributed by atoms with Gasteiger partial charge in [0.05, 0.1) is 5.69 Å². The summed E-state index contributed by atoms with van der Waals surface area (Å²) in [5, 5.41) is 3.38. The van der Waals surface area contributed by atoms with Crippen molar-refractivity contribution >= 4 is 0 Å². The maximum Gasteiger partial charge on any atom is 0.140 e. The van der Waals surface area contributed by atoms with E-state index in [4.69, 9.17) is 4.74 Å². The summed E-state index contributed by atoms with van der Waals surface area (Å²) in [7, 11) is 0. The van der Waals surface area contributed by atoms with Crippen molar-refractivity contribution in [2.24, 2.45) is 0 Å². The number of unbranched alkanes of at least 4 members (excludes halogenated alkanes) is 1. The first-order valence-corrected chi connectivity index (χ1v) is 6.03. The predicted octanol–water partition coefficient (Wildman–Crippen LogP) is 2.55. The third-order valence-corrected chi connectivity index (χ3v) is 2.43. The van der Waals surface area contributed by atoms with Crippen molar-refractivity contribution in [2.45, 2.75) is 39.7 Å². The van der Waals surface area contributed by atoms with Crippen LogP contribution >= 0.6 is 0 Å². The minimum atomic E-state index is 0.180. The van der Waals surface area contributed by atoms with Crippen molar-refractivity contribution in [2.75, 3.05) is 13.1 Å². The second kappa shape index (κ2) is 7.23. The van der Waals surface area contributed by atoms with Gasteiger partial charge in [0.15, 0.2) is 0 Å². The van der Waals surface area contributed by atoms with E-state index < -0.39 is 0 Å². The van der Waals surface area contributed by atoms with Gasteiger partial charge in [0.1, 0.15) is 11.9 Å².